The van der Waals surface area contributed by atoms with E-state index >= 15 is 0 Å². The van der Waals surface area contributed by atoms with E-state index in [1.54, 1.807) is 0 Å². The molecule has 0 aromatic heterocycles. The second-order valence-corrected chi connectivity index (χ2v) is 10.0. The molecule has 0 heterocycles. The summed E-state index contributed by atoms with van der Waals surface area (Å²) in [6.45, 7) is 7.59. The first-order chi connectivity index (χ1) is 11.0. The molecule has 0 spiro atoms. The molecule has 9 atom stereocenters. The van der Waals surface area contributed by atoms with Gasteiger partial charge in [0, 0.05) is 0 Å². The summed E-state index contributed by atoms with van der Waals surface area (Å²) < 4.78 is 0. The Hall–Kier alpha value is -0.0400. The van der Waals surface area contributed by atoms with Crippen LogP contribution in [0.5, 0.6) is 0 Å². The molecule has 0 aromatic rings. The molecule has 23 heavy (non-hydrogen) atoms. The van der Waals surface area contributed by atoms with E-state index < -0.39 is 0 Å². The highest BCUT2D eigenvalue weighted by atomic mass is 16.3. The molecule has 0 saturated heterocycles. The predicted molar refractivity (Wildman–Crippen MR) is 96.1 cm³/mol. The van der Waals surface area contributed by atoms with E-state index in [2.05, 4.69) is 20.8 Å². The van der Waals surface area contributed by atoms with Crippen molar-refractivity contribution in [2.75, 3.05) is 0 Å². The fourth-order valence-corrected chi connectivity index (χ4v) is 8.09. The first kappa shape index (κ1) is 16.4. The van der Waals surface area contributed by atoms with E-state index in [1.165, 1.54) is 51.4 Å². The van der Waals surface area contributed by atoms with Gasteiger partial charge in [0.1, 0.15) is 0 Å². The molecule has 0 amide bonds. The van der Waals surface area contributed by atoms with Crippen LogP contribution in [-0.4, -0.2) is 11.2 Å². The second-order valence-electron chi connectivity index (χ2n) is 10.0. The summed E-state index contributed by atoms with van der Waals surface area (Å²) in [5.41, 5.74) is 0.650. The summed E-state index contributed by atoms with van der Waals surface area (Å²) in [6.07, 6.45) is 13.8. The second kappa shape index (κ2) is 6.04. The number of aliphatic hydroxyl groups is 1. The third-order valence-electron chi connectivity index (χ3n) is 9.33. The van der Waals surface area contributed by atoms with E-state index in [4.69, 9.17) is 0 Å². The smallest absolute Gasteiger partial charge is 0.0543 e. The van der Waals surface area contributed by atoms with Gasteiger partial charge in [-0.15, -0.1) is 0 Å². The number of hydrogen-bond acceptors (Lipinski definition) is 1. The molecule has 1 N–H and O–H groups in total. The topological polar surface area (TPSA) is 20.2 Å². The maximum atomic E-state index is 10.1. The Balaban J connectivity index is 1.54. The van der Waals surface area contributed by atoms with Crippen LogP contribution >= 0.6 is 0 Å². The van der Waals surface area contributed by atoms with Crippen LogP contribution in [0.3, 0.4) is 0 Å². The van der Waals surface area contributed by atoms with E-state index in [0.29, 0.717) is 5.41 Å². The molecule has 0 bridgehead atoms. The summed E-state index contributed by atoms with van der Waals surface area (Å²) >= 11 is 0. The van der Waals surface area contributed by atoms with Gasteiger partial charge in [-0.25, -0.2) is 0 Å². The van der Waals surface area contributed by atoms with Gasteiger partial charge in [0.15, 0.2) is 0 Å². The van der Waals surface area contributed by atoms with Crippen LogP contribution in [0.25, 0.3) is 0 Å². The van der Waals surface area contributed by atoms with Gasteiger partial charge >= 0.3 is 0 Å². The lowest BCUT2D eigenvalue weighted by Gasteiger charge is -2.56. The predicted octanol–water partition coefficient (Wildman–Crippen LogP) is 5.66. The minimum atomic E-state index is 0.0166. The Labute approximate surface area is 143 Å². The van der Waals surface area contributed by atoms with Crippen molar-refractivity contribution in [2.45, 2.75) is 91.1 Å². The van der Waals surface area contributed by atoms with Crippen LogP contribution in [0.4, 0.5) is 0 Å². The van der Waals surface area contributed by atoms with Gasteiger partial charge < -0.3 is 5.11 Å². The Kier molecular flexibility index (Phi) is 4.32. The summed E-state index contributed by atoms with van der Waals surface area (Å²) in [5, 5.41) is 10.1. The number of aliphatic hydroxyl groups excluding tert-OH is 1. The average molecular weight is 319 g/mol. The average Bonchev–Trinajstić information content (AvgIpc) is 2.90. The summed E-state index contributed by atoms with van der Waals surface area (Å²) in [4.78, 5) is 0. The highest BCUT2D eigenvalue weighted by molar-refractivity contribution is 5.06. The lowest BCUT2D eigenvalue weighted by atomic mass is 9.49. The van der Waals surface area contributed by atoms with E-state index in [-0.39, 0.29) is 6.10 Å². The molecule has 4 saturated carbocycles. The Morgan fingerprint density at radius 1 is 0.957 bits per heavy atom. The summed E-state index contributed by atoms with van der Waals surface area (Å²) in [7, 11) is 0. The van der Waals surface area contributed by atoms with E-state index in [0.717, 1.165) is 54.3 Å². The third kappa shape index (κ3) is 2.52. The van der Waals surface area contributed by atoms with Crippen molar-refractivity contribution < 1.29 is 5.11 Å². The monoisotopic (exact) mass is 318 g/mol. The maximum Gasteiger partial charge on any atom is 0.0543 e. The van der Waals surface area contributed by atoms with E-state index in [1.807, 2.05) is 0 Å². The molecule has 3 unspecified atom stereocenters. The van der Waals surface area contributed by atoms with Crippen molar-refractivity contribution in [3.8, 4) is 0 Å². The lowest BCUT2D eigenvalue weighted by Crippen LogP contribution is -2.49. The summed E-state index contributed by atoms with van der Waals surface area (Å²) in [5.74, 6) is 6.79. The highest BCUT2D eigenvalue weighted by Crippen LogP contribution is 2.65. The fourth-order valence-electron chi connectivity index (χ4n) is 8.09. The van der Waals surface area contributed by atoms with Gasteiger partial charge in [0.25, 0.3) is 0 Å². The Morgan fingerprint density at radius 2 is 1.74 bits per heavy atom. The van der Waals surface area contributed by atoms with Crippen molar-refractivity contribution >= 4 is 0 Å². The molecule has 132 valence electrons. The van der Waals surface area contributed by atoms with Crippen LogP contribution in [0.2, 0.25) is 0 Å². The van der Waals surface area contributed by atoms with Gasteiger partial charge in [0.2, 0.25) is 0 Å². The Bertz CT molecular complexity index is 432. The zero-order valence-corrected chi connectivity index (χ0v) is 15.6. The van der Waals surface area contributed by atoms with Gasteiger partial charge in [-0.2, -0.15) is 0 Å². The van der Waals surface area contributed by atoms with Gasteiger partial charge in [-0.05, 0) is 105 Å². The van der Waals surface area contributed by atoms with Crippen LogP contribution in [-0.2, 0) is 0 Å². The first-order valence-corrected chi connectivity index (χ1v) is 10.7. The molecular weight excluding hydrogens is 280 g/mol. The molecule has 4 aliphatic carbocycles. The number of hydrogen-bond donors (Lipinski definition) is 1. The van der Waals surface area contributed by atoms with Crippen molar-refractivity contribution in [2.24, 2.45) is 46.8 Å². The van der Waals surface area contributed by atoms with Gasteiger partial charge in [0.05, 0.1) is 6.10 Å². The molecule has 4 fully saturated rings. The van der Waals surface area contributed by atoms with E-state index in [9.17, 15) is 5.11 Å². The normalized spacial score (nSPS) is 54.0. The molecular formula is C22H38O. The van der Waals surface area contributed by atoms with Gasteiger partial charge in [-0.3, -0.25) is 0 Å². The molecule has 0 aromatic carbocycles. The summed E-state index contributed by atoms with van der Waals surface area (Å²) in [6, 6.07) is 0. The van der Waals surface area contributed by atoms with Crippen molar-refractivity contribution in [3.05, 3.63) is 0 Å². The molecule has 4 aliphatic rings. The minimum Gasteiger partial charge on any atom is -0.393 e. The maximum absolute atomic E-state index is 10.1. The SMILES string of the molecule is CC[C@@H](C)[C@H]1CCC2C3CC[C@@H]4C[C@@H](O)CC[C@@H]4C3CC[C@@]21C. The zero-order chi connectivity index (χ0) is 16.2. The molecule has 4 rings (SSSR count). The molecule has 0 aliphatic heterocycles. The minimum absolute atomic E-state index is 0.0166. The molecule has 0 radical (unpaired) electrons. The first-order valence-electron chi connectivity index (χ1n) is 10.7. The lowest BCUT2D eigenvalue weighted by molar-refractivity contribution is -0.0819. The Morgan fingerprint density at radius 3 is 2.52 bits per heavy atom. The van der Waals surface area contributed by atoms with Crippen molar-refractivity contribution in [1.29, 1.82) is 0 Å². The van der Waals surface area contributed by atoms with Gasteiger partial charge in [-0.1, -0.05) is 27.2 Å². The van der Waals surface area contributed by atoms with Crippen LogP contribution in [0.15, 0.2) is 0 Å². The molecule has 1 heteroatoms. The zero-order valence-electron chi connectivity index (χ0n) is 15.6. The molecule has 1 nitrogen and oxygen atoms in total. The number of rotatable bonds is 2. The van der Waals surface area contributed by atoms with Crippen LogP contribution in [0, 0.1) is 46.8 Å². The van der Waals surface area contributed by atoms with Crippen LogP contribution < -0.4 is 0 Å². The third-order valence-corrected chi connectivity index (χ3v) is 9.33. The van der Waals surface area contributed by atoms with Crippen molar-refractivity contribution in [1.82, 2.24) is 0 Å². The largest absolute Gasteiger partial charge is 0.393 e. The standard InChI is InChI=1S/C22H38O/c1-4-14(2)20-9-10-21-19-7-5-15-13-16(23)6-8-17(15)18(19)11-12-22(20,21)3/h14-21,23H,4-13H2,1-3H3/t14-,15-,16+,17+,18?,19?,20-,21?,22-/m1/s1. The number of fused-ring (bicyclic) bond motifs is 5. The van der Waals surface area contributed by atoms with Crippen molar-refractivity contribution in [3.63, 3.8) is 0 Å². The quantitative estimate of drug-likeness (QED) is 0.696. The highest BCUT2D eigenvalue weighted by Gasteiger charge is 2.57. The van der Waals surface area contributed by atoms with Crippen LogP contribution in [0.1, 0.15) is 85.0 Å². The fraction of sp³-hybridized carbons (Fsp3) is 1.00.